The average molecular weight is 440 g/mol. The number of amides is 1. The molecule has 1 aliphatic rings. The summed E-state index contributed by atoms with van der Waals surface area (Å²) in [4.78, 5) is 26.7. The zero-order chi connectivity index (χ0) is 21.7. The lowest BCUT2D eigenvalue weighted by molar-refractivity contribution is -0.129. The first kappa shape index (κ1) is 21.8. The molecule has 2 aromatic rings. The van der Waals surface area contributed by atoms with Gasteiger partial charge in [0, 0.05) is 12.1 Å². The van der Waals surface area contributed by atoms with E-state index >= 15 is 0 Å². The van der Waals surface area contributed by atoms with E-state index in [1.807, 2.05) is 38.1 Å². The standard InChI is InChI=1S/C23H21NO4S2/c1-15(2)24-22(26)20(30-23(24)29)14-17-6-11-19(12-7-17)28-21(25)13-8-16-4-9-18(27-3)10-5-16/h4-15H,1-3H3/b13-8+,20-14+. The second-order valence-electron chi connectivity index (χ2n) is 6.74. The Bertz CT molecular complexity index is 1010. The van der Waals surface area contributed by atoms with Crippen LogP contribution in [0.2, 0.25) is 0 Å². The molecule has 3 rings (SSSR count). The van der Waals surface area contributed by atoms with Crippen LogP contribution in [0.4, 0.5) is 0 Å². The van der Waals surface area contributed by atoms with E-state index in [-0.39, 0.29) is 11.9 Å². The van der Waals surface area contributed by atoms with Crippen LogP contribution in [0.25, 0.3) is 12.2 Å². The van der Waals surface area contributed by atoms with Crippen LogP contribution >= 0.6 is 24.0 Å². The van der Waals surface area contributed by atoms with Gasteiger partial charge in [-0.05, 0) is 61.4 Å². The number of ether oxygens (including phenoxy) is 2. The summed E-state index contributed by atoms with van der Waals surface area (Å²) in [5.41, 5.74) is 1.69. The molecule has 0 aliphatic carbocycles. The van der Waals surface area contributed by atoms with Crippen LogP contribution in [0.15, 0.2) is 59.5 Å². The fourth-order valence-corrected chi connectivity index (χ4v) is 4.26. The van der Waals surface area contributed by atoms with Crippen molar-refractivity contribution < 1.29 is 19.1 Å². The summed E-state index contributed by atoms with van der Waals surface area (Å²) < 4.78 is 11.0. The number of hydrogen-bond acceptors (Lipinski definition) is 6. The maximum Gasteiger partial charge on any atom is 0.336 e. The van der Waals surface area contributed by atoms with Crippen LogP contribution in [0.5, 0.6) is 11.5 Å². The molecule has 0 radical (unpaired) electrons. The summed E-state index contributed by atoms with van der Waals surface area (Å²) in [6, 6.07) is 14.3. The van der Waals surface area contributed by atoms with Gasteiger partial charge in [-0.15, -0.1) is 0 Å². The molecule has 1 saturated heterocycles. The average Bonchev–Trinajstić information content (AvgIpc) is 3.01. The normalized spacial score (nSPS) is 15.5. The molecule has 154 valence electrons. The molecule has 1 heterocycles. The minimum atomic E-state index is -0.476. The van der Waals surface area contributed by atoms with Gasteiger partial charge < -0.3 is 9.47 Å². The molecule has 1 amide bonds. The third-order valence-corrected chi connectivity index (χ3v) is 5.59. The number of thioether (sulfide) groups is 1. The van der Waals surface area contributed by atoms with E-state index < -0.39 is 5.97 Å². The summed E-state index contributed by atoms with van der Waals surface area (Å²) in [6.45, 7) is 3.86. The van der Waals surface area contributed by atoms with Crippen LogP contribution in [-0.4, -0.2) is 34.2 Å². The maximum absolute atomic E-state index is 12.5. The van der Waals surface area contributed by atoms with Gasteiger partial charge in [0.05, 0.1) is 12.0 Å². The monoisotopic (exact) mass is 439 g/mol. The van der Waals surface area contributed by atoms with Crippen molar-refractivity contribution in [2.24, 2.45) is 0 Å². The van der Waals surface area contributed by atoms with Crippen molar-refractivity contribution in [3.8, 4) is 11.5 Å². The van der Waals surface area contributed by atoms with Crippen molar-refractivity contribution in [2.45, 2.75) is 19.9 Å². The second-order valence-corrected chi connectivity index (χ2v) is 8.42. The quantitative estimate of drug-likeness (QED) is 0.276. The number of hydrogen-bond donors (Lipinski definition) is 0. The molecule has 0 atom stereocenters. The van der Waals surface area contributed by atoms with Gasteiger partial charge in [-0.25, -0.2) is 4.79 Å². The number of esters is 1. The molecule has 1 aliphatic heterocycles. The van der Waals surface area contributed by atoms with Crippen molar-refractivity contribution in [2.75, 3.05) is 7.11 Å². The van der Waals surface area contributed by atoms with Crippen LogP contribution in [0.1, 0.15) is 25.0 Å². The summed E-state index contributed by atoms with van der Waals surface area (Å²) in [5.74, 6) is 0.614. The Hall–Kier alpha value is -2.90. The molecule has 30 heavy (non-hydrogen) atoms. The number of methoxy groups -OCH3 is 1. The largest absolute Gasteiger partial charge is 0.497 e. The summed E-state index contributed by atoms with van der Waals surface area (Å²) in [5, 5.41) is 0. The first-order chi connectivity index (χ1) is 14.4. The van der Waals surface area contributed by atoms with E-state index in [2.05, 4.69) is 0 Å². The van der Waals surface area contributed by atoms with Gasteiger partial charge in [-0.3, -0.25) is 9.69 Å². The Morgan fingerprint density at radius 2 is 1.63 bits per heavy atom. The number of nitrogens with zero attached hydrogens (tertiary/aromatic N) is 1. The molecule has 0 unspecified atom stereocenters. The molecular weight excluding hydrogens is 418 g/mol. The molecule has 5 nitrogen and oxygen atoms in total. The molecule has 7 heteroatoms. The predicted octanol–water partition coefficient (Wildman–Crippen LogP) is 4.92. The SMILES string of the molecule is COc1ccc(/C=C/C(=O)Oc2ccc(/C=C3/SC(=S)N(C(C)C)C3=O)cc2)cc1. The van der Waals surface area contributed by atoms with Crippen molar-refractivity contribution in [3.63, 3.8) is 0 Å². The number of thiocarbonyl (C=S) groups is 1. The van der Waals surface area contributed by atoms with Crippen molar-refractivity contribution in [1.82, 2.24) is 4.90 Å². The van der Waals surface area contributed by atoms with E-state index in [0.29, 0.717) is 15.0 Å². The highest BCUT2D eigenvalue weighted by atomic mass is 32.2. The Labute approximate surface area is 185 Å². The van der Waals surface area contributed by atoms with Gasteiger partial charge in [0.25, 0.3) is 5.91 Å². The Morgan fingerprint density at radius 3 is 2.20 bits per heavy atom. The molecule has 2 aromatic carbocycles. The highest BCUT2D eigenvalue weighted by molar-refractivity contribution is 8.26. The fourth-order valence-electron chi connectivity index (χ4n) is 2.74. The molecule has 0 aromatic heterocycles. The summed E-state index contributed by atoms with van der Waals surface area (Å²) in [6.07, 6.45) is 4.83. The molecular formula is C23H21NO4S2. The lowest BCUT2D eigenvalue weighted by atomic mass is 10.2. The highest BCUT2D eigenvalue weighted by Crippen LogP contribution is 2.34. The number of carbonyl (C=O) groups excluding carboxylic acids is 2. The Morgan fingerprint density at radius 1 is 1.03 bits per heavy atom. The van der Waals surface area contributed by atoms with E-state index in [1.165, 1.54) is 17.8 Å². The third kappa shape index (κ3) is 5.37. The van der Waals surface area contributed by atoms with Crippen molar-refractivity contribution >= 4 is 52.3 Å². The van der Waals surface area contributed by atoms with E-state index in [1.54, 1.807) is 48.4 Å². The van der Waals surface area contributed by atoms with E-state index in [9.17, 15) is 9.59 Å². The van der Waals surface area contributed by atoms with Gasteiger partial charge in [-0.2, -0.15) is 0 Å². The lowest BCUT2D eigenvalue weighted by Gasteiger charge is -2.18. The van der Waals surface area contributed by atoms with Crippen LogP contribution in [0.3, 0.4) is 0 Å². The minimum absolute atomic E-state index is 0.0242. The van der Waals surface area contributed by atoms with E-state index in [4.69, 9.17) is 21.7 Å². The van der Waals surface area contributed by atoms with Crippen LogP contribution in [0, 0.1) is 0 Å². The lowest BCUT2D eigenvalue weighted by Crippen LogP contribution is -2.34. The molecule has 0 bridgehead atoms. The molecule has 0 spiro atoms. The molecule has 1 fully saturated rings. The summed E-state index contributed by atoms with van der Waals surface area (Å²) in [7, 11) is 1.60. The van der Waals surface area contributed by atoms with Crippen molar-refractivity contribution in [3.05, 3.63) is 70.6 Å². The first-order valence-electron chi connectivity index (χ1n) is 9.28. The van der Waals surface area contributed by atoms with Gasteiger partial charge in [0.15, 0.2) is 0 Å². The predicted molar refractivity (Wildman–Crippen MR) is 124 cm³/mol. The summed E-state index contributed by atoms with van der Waals surface area (Å²) >= 11 is 6.58. The minimum Gasteiger partial charge on any atom is -0.497 e. The smallest absolute Gasteiger partial charge is 0.336 e. The van der Waals surface area contributed by atoms with E-state index in [0.717, 1.165) is 16.9 Å². The van der Waals surface area contributed by atoms with Crippen molar-refractivity contribution in [1.29, 1.82) is 0 Å². The fraction of sp³-hybridized carbons (Fsp3) is 0.174. The highest BCUT2D eigenvalue weighted by Gasteiger charge is 2.33. The zero-order valence-corrected chi connectivity index (χ0v) is 18.5. The number of benzene rings is 2. The topological polar surface area (TPSA) is 55.8 Å². The Kier molecular flexibility index (Phi) is 7.07. The first-order valence-corrected chi connectivity index (χ1v) is 10.5. The zero-order valence-electron chi connectivity index (χ0n) is 16.8. The van der Waals surface area contributed by atoms with Gasteiger partial charge in [0.1, 0.15) is 15.8 Å². The number of rotatable bonds is 6. The third-order valence-electron chi connectivity index (χ3n) is 4.26. The number of carbonyl (C=O) groups is 2. The maximum atomic E-state index is 12.5. The Balaban J connectivity index is 1.61. The second kappa shape index (κ2) is 9.73. The van der Waals surface area contributed by atoms with Crippen LogP contribution < -0.4 is 9.47 Å². The van der Waals surface area contributed by atoms with Gasteiger partial charge in [-0.1, -0.05) is 48.2 Å². The molecule has 0 N–H and O–H groups in total. The molecule has 0 saturated carbocycles. The van der Waals surface area contributed by atoms with Crippen LogP contribution in [-0.2, 0) is 9.59 Å². The van der Waals surface area contributed by atoms with Gasteiger partial charge in [0.2, 0.25) is 0 Å². The van der Waals surface area contributed by atoms with Gasteiger partial charge >= 0.3 is 5.97 Å².